The Balaban J connectivity index is 2.12. The molecule has 2 N–H and O–H groups in total. The summed E-state index contributed by atoms with van der Waals surface area (Å²) >= 11 is 5.98. The number of hydrogen-bond donors (Lipinski definition) is 2. The van der Waals surface area contributed by atoms with E-state index < -0.39 is 17.9 Å². The molecule has 1 aromatic rings. The van der Waals surface area contributed by atoms with Gasteiger partial charge >= 0.3 is 5.97 Å². The fourth-order valence-corrected chi connectivity index (χ4v) is 2.10. The second-order valence-corrected chi connectivity index (χ2v) is 4.74. The summed E-state index contributed by atoms with van der Waals surface area (Å²) in [5.74, 6) is -0.954. The van der Waals surface area contributed by atoms with Crippen LogP contribution in [0.15, 0.2) is 12.1 Å². The van der Waals surface area contributed by atoms with Gasteiger partial charge in [0.2, 0.25) is 6.79 Å². The number of carbonyl (C=O) groups excluding carboxylic acids is 1. The molecule has 0 aliphatic carbocycles. The molecular formula is C13H14ClNO6. The van der Waals surface area contributed by atoms with Gasteiger partial charge in [0.1, 0.15) is 6.04 Å². The molecule has 0 spiro atoms. The number of methoxy groups -OCH3 is 1. The van der Waals surface area contributed by atoms with E-state index in [2.05, 4.69) is 5.32 Å². The third kappa shape index (κ3) is 3.56. The van der Waals surface area contributed by atoms with Crippen molar-refractivity contribution < 1.29 is 28.9 Å². The average molecular weight is 316 g/mol. The number of halogens is 1. The number of carbonyl (C=O) groups is 2. The van der Waals surface area contributed by atoms with Crippen LogP contribution in [-0.4, -0.2) is 43.5 Å². The summed E-state index contributed by atoms with van der Waals surface area (Å²) in [5.41, 5.74) is 0.202. The number of fused-ring (bicyclic) bond motifs is 1. The van der Waals surface area contributed by atoms with Crippen LogP contribution in [-0.2, 0) is 9.53 Å². The fourth-order valence-electron chi connectivity index (χ4n) is 1.83. The van der Waals surface area contributed by atoms with Gasteiger partial charge in [-0.2, -0.15) is 0 Å². The highest BCUT2D eigenvalue weighted by Gasteiger charge is 2.24. The van der Waals surface area contributed by atoms with E-state index in [1.54, 1.807) is 0 Å². The summed E-state index contributed by atoms with van der Waals surface area (Å²) < 4.78 is 15.1. The fraction of sp³-hybridized carbons (Fsp3) is 0.385. The molecule has 1 aliphatic rings. The van der Waals surface area contributed by atoms with Crippen LogP contribution in [0.3, 0.4) is 0 Å². The lowest BCUT2D eigenvalue weighted by atomic mass is 10.1. The van der Waals surface area contributed by atoms with Gasteiger partial charge in [0.25, 0.3) is 5.91 Å². The molecule has 0 radical (unpaired) electrons. The minimum atomic E-state index is -1.13. The van der Waals surface area contributed by atoms with E-state index >= 15 is 0 Å². The highest BCUT2D eigenvalue weighted by atomic mass is 35.5. The van der Waals surface area contributed by atoms with Crippen LogP contribution in [0.2, 0.25) is 5.02 Å². The Morgan fingerprint density at radius 3 is 2.90 bits per heavy atom. The standard InChI is InChI=1S/C13H14ClNO6/c1-19-3-2-9(13(17)18)15-12(16)7-4-8(14)11-10(5-7)20-6-21-11/h4-5,9H,2-3,6H2,1H3,(H,15,16)(H,17,18)/t9-/m1/s1. The van der Waals surface area contributed by atoms with Gasteiger partial charge in [0.05, 0.1) is 5.02 Å². The van der Waals surface area contributed by atoms with Crippen LogP contribution in [0.4, 0.5) is 0 Å². The van der Waals surface area contributed by atoms with E-state index in [0.717, 1.165) is 0 Å². The van der Waals surface area contributed by atoms with Gasteiger partial charge in [-0.3, -0.25) is 4.79 Å². The first-order valence-electron chi connectivity index (χ1n) is 6.14. The van der Waals surface area contributed by atoms with Crippen molar-refractivity contribution in [3.63, 3.8) is 0 Å². The number of benzene rings is 1. The molecule has 0 saturated heterocycles. The number of carboxylic acids is 1. The molecule has 0 bridgehead atoms. The zero-order valence-corrected chi connectivity index (χ0v) is 12.0. The maximum Gasteiger partial charge on any atom is 0.326 e. The van der Waals surface area contributed by atoms with E-state index in [4.69, 9.17) is 30.9 Å². The zero-order valence-electron chi connectivity index (χ0n) is 11.2. The topological polar surface area (TPSA) is 94.1 Å². The first-order chi connectivity index (χ1) is 10.0. The summed E-state index contributed by atoms with van der Waals surface area (Å²) in [6, 6.07) is 1.82. The third-order valence-corrected chi connectivity index (χ3v) is 3.18. The lowest BCUT2D eigenvalue weighted by molar-refractivity contribution is -0.139. The Hall–Kier alpha value is -1.99. The summed E-state index contributed by atoms with van der Waals surface area (Å²) in [7, 11) is 1.46. The molecule has 7 nitrogen and oxygen atoms in total. The van der Waals surface area contributed by atoms with Crippen LogP contribution in [0.1, 0.15) is 16.8 Å². The Kier molecular flexibility index (Phi) is 4.87. The Labute approximate surface area is 125 Å². The Morgan fingerprint density at radius 1 is 1.48 bits per heavy atom. The zero-order chi connectivity index (χ0) is 15.4. The third-order valence-electron chi connectivity index (χ3n) is 2.90. The smallest absolute Gasteiger partial charge is 0.326 e. The highest BCUT2D eigenvalue weighted by Crippen LogP contribution is 2.39. The summed E-state index contributed by atoms with van der Waals surface area (Å²) in [6.45, 7) is 0.255. The quantitative estimate of drug-likeness (QED) is 0.821. The first-order valence-corrected chi connectivity index (χ1v) is 6.52. The van der Waals surface area contributed by atoms with Crippen LogP contribution < -0.4 is 14.8 Å². The molecule has 1 heterocycles. The molecule has 1 atom stereocenters. The summed E-state index contributed by atoms with van der Waals surface area (Å²) in [4.78, 5) is 23.2. The van der Waals surface area contributed by atoms with Crippen molar-refractivity contribution in [1.82, 2.24) is 5.32 Å². The molecule has 0 aromatic heterocycles. The van der Waals surface area contributed by atoms with Crippen molar-refractivity contribution in [2.24, 2.45) is 0 Å². The summed E-state index contributed by atoms with van der Waals surface area (Å²) in [6.07, 6.45) is 0.163. The van der Waals surface area contributed by atoms with Crippen LogP contribution >= 0.6 is 11.6 Å². The molecule has 8 heteroatoms. The van der Waals surface area contributed by atoms with Gasteiger partial charge in [-0.25, -0.2) is 4.79 Å². The molecular weight excluding hydrogens is 302 g/mol. The molecule has 0 saturated carbocycles. The molecule has 0 fully saturated rings. The van der Waals surface area contributed by atoms with E-state index in [9.17, 15) is 9.59 Å². The van der Waals surface area contributed by atoms with Crippen molar-refractivity contribution in [3.8, 4) is 11.5 Å². The van der Waals surface area contributed by atoms with Crippen molar-refractivity contribution in [3.05, 3.63) is 22.7 Å². The lowest BCUT2D eigenvalue weighted by Crippen LogP contribution is -2.41. The minimum absolute atomic E-state index is 0.0334. The van der Waals surface area contributed by atoms with Gasteiger partial charge in [0.15, 0.2) is 11.5 Å². The molecule has 21 heavy (non-hydrogen) atoms. The number of carboxylic acid groups (broad SMARTS) is 1. The van der Waals surface area contributed by atoms with Gasteiger partial charge in [-0.05, 0) is 12.1 Å². The largest absolute Gasteiger partial charge is 0.480 e. The Bertz CT molecular complexity index is 562. The number of nitrogens with one attached hydrogen (secondary N) is 1. The van der Waals surface area contributed by atoms with Crippen molar-refractivity contribution in [1.29, 1.82) is 0 Å². The normalized spacial score (nSPS) is 13.8. The van der Waals surface area contributed by atoms with Crippen molar-refractivity contribution in [2.75, 3.05) is 20.5 Å². The van der Waals surface area contributed by atoms with E-state index in [-0.39, 0.29) is 30.4 Å². The average Bonchev–Trinajstić information content (AvgIpc) is 2.91. The van der Waals surface area contributed by atoms with E-state index in [1.165, 1.54) is 19.2 Å². The maximum absolute atomic E-state index is 12.1. The second-order valence-electron chi connectivity index (χ2n) is 4.34. The van der Waals surface area contributed by atoms with Gasteiger partial charge in [-0.15, -0.1) is 0 Å². The number of amides is 1. The maximum atomic E-state index is 12.1. The molecule has 114 valence electrons. The van der Waals surface area contributed by atoms with Gasteiger partial charge in [-0.1, -0.05) is 11.6 Å². The van der Waals surface area contributed by atoms with Gasteiger partial charge < -0.3 is 24.6 Å². The number of aliphatic carboxylic acids is 1. The Morgan fingerprint density at radius 2 is 2.24 bits per heavy atom. The SMILES string of the molecule is COCC[C@@H](NC(=O)c1cc(Cl)c2c(c1)OCO2)C(=O)O. The summed E-state index contributed by atoms with van der Waals surface area (Å²) in [5, 5.41) is 11.7. The predicted octanol–water partition coefficient (Wildman–Crippen LogP) is 1.29. The van der Waals surface area contributed by atoms with E-state index in [1.807, 2.05) is 0 Å². The molecule has 1 amide bonds. The minimum Gasteiger partial charge on any atom is -0.480 e. The van der Waals surface area contributed by atoms with Crippen LogP contribution in [0.25, 0.3) is 0 Å². The number of ether oxygens (including phenoxy) is 3. The second kappa shape index (κ2) is 6.64. The van der Waals surface area contributed by atoms with Crippen LogP contribution in [0, 0.1) is 0 Å². The lowest BCUT2D eigenvalue weighted by Gasteiger charge is -2.14. The van der Waals surface area contributed by atoms with E-state index in [0.29, 0.717) is 11.5 Å². The number of hydrogen-bond acceptors (Lipinski definition) is 5. The molecule has 1 aliphatic heterocycles. The highest BCUT2D eigenvalue weighted by molar-refractivity contribution is 6.32. The molecule has 1 aromatic carbocycles. The van der Waals surface area contributed by atoms with Crippen LogP contribution in [0.5, 0.6) is 11.5 Å². The number of rotatable bonds is 6. The first kappa shape index (κ1) is 15.4. The predicted molar refractivity (Wildman–Crippen MR) is 73.0 cm³/mol. The monoisotopic (exact) mass is 315 g/mol. The van der Waals surface area contributed by atoms with Crippen molar-refractivity contribution >= 4 is 23.5 Å². The van der Waals surface area contributed by atoms with Gasteiger partial charge in [0, 0.05) is 25.7 Å². The van der Waals surface area contributed by atoms with Crippen molar-refractivity contribution in [2.45, 2.75) is 12.5 Å². The molecule has 0 unspecified atom stereocenters. The molecule has 2 rings (SSSR count).